The zero-order valence-electron chi connectivity index (χ0n) is 3.48. The molecule has 0 rings (SSSR count). The van der Waals surface area contributed by atoms with E-state index in [0.29, 0.717) is 0 Å². The second-order valence-electron chi connectivity index (χ2n) is 0.432. The van der Waals surface area contributed by atoms with Crippen LogP contribution < -0.4 is 17.5 Å². The van der Waals surface area contributed by atoms with Gasteiger partial charge in [-0.2, -0.15) is 0 Å². The van der Waals surface area contributed by atoms with Gasteiger partial charge in [0.15, 0.2) is 0 Å². The van der Waals surface area contributed by atoms with E-state index >= 15 is 0 Å². The summed E-state index contributed by atoms with van der Waals surface area (Å²) in [6.07, 6.45) is 4.26. The second-order valence-corrected chi connectivity index (χ2v) is 0.432. The molecule has 0 aliphatic carbocycles. The third kappa shape index (κ3) is 20.7. The molecular weight excluding hydrogens is 144 g/mol. The first-order chi connectivity index (χ1) is 2.27. The summed E-state index contributed by atoms with van der Waals surface area (Å²) in [6, 6.07) is 0. The molecule has 0 saturated heterocycles. The molecule has 0 bridgehead atoms. The van der Waals surface area contributed by atoms with Gasteiger partial charge >= 0.3 is 37.7 Å². The topological polar surface area (TPSA) is 40.1 Å². The van der Waals surface area contributed by atoms with Gasteiger partial charge in [0.1, 0.15) is 5.97 Å². The maximum Gasteiger partial charge on any atom is 2.00 e. The molecule has 0 atom stereocenters. The van der Waals surface area contributed by atoms with Crippen molar-refractivity contribution >= 4 is 43.7 Å². The maximum atomic E-state index is 9.02. The van der Waals surface area contributed by atoms with E-state index < -0.39 is 5.97 Å². The molecule has 0 aliphatic rings. The summed E-state index contributed by atoms with van der Waals surface area (Å²) >= 11 is 0. The zero-order valence-corrected chi connectivity index (χ0v) is 6.44. The Morgan fingerprint density at radius 2 is 1.86 bits per heavy atom. The van der Waals surface area contributed by atoms with Gasteiger partial charge in [-0.3, -0.25) is 0 Å². The summed E-state index contributed by atoms with van der Waals surface area (Å²) in [6.45, 7) is 0. The standard InChI is InChI=1S/C3H2O2.Ca.ClH/c1-2-3(4)5;;/h1H,(H,4,5);;1H/q;+2;/p-2. The van der Waals surface area contributed by atoms with Crippen LogP contribution in [0.25, 0.3) is 0 Å². The van der Waals surface area contributed by atoms with Gasteiger partial charge < -0.3 is 22.3 Å². The first-order valence-electron chi connectivity index (χ1n) is 0.947. The van der Waals surface area contributed by atoms with Crippen LogP contribution in [0.15, 0.2) is 0 Å². The number of aliphatic carboxylic acids is 1. The maximum absolute atomic E-state index is 9.02. The average molecular weight is 145 g/mol. The molecule has 0 heterocycles. The first kappa shape index (κ1) is 15.6. The minimum atomic E-state index is -1.47. The summed E-state index contributed by atoms with van der Waals surface area (Å²) in [7, 11) is 0. The molecule has 0 aliphatic heterocycles. The van der Waals surface area contributed by atoms with Gasteiger partial charge in [0.2, 0.25) is 0 Å². The van der Waals surface area contributed by atoms with E-state index in [9.17, 15) is 0 Å². The smallest absolute Gasteiger partial charge is 1.00 e. The van der Waals surface area contributed by atoms with Crippen LogP contribution in [0.1, 0.15) is 0 Å². The summed E-state index contributed by atoms with van der Waals surface area (Å²) in [5, 5.41) is 9.02. The fraction of sp³-hybridized carbons (Fsp3) is 0. The van der Waals surface area contributed by atoms with E-state index in [-0.39, 0.29) is 50.1 Å². The van der Waals surface area contributed by atoms with Crippen molar-refractivity contribution in [3.8, 4) is 12.3 Å². The number of hydrogen-bond acceptors (Lipinski definition) is 2. The molecular formula is C3HCaClO2. The van der Waals surface area contributed by atoms with Crippen molar-refractivity contribution in [1.82, 2.24) is 0 Å². The number of carbonyl (C=O) groups excluding carboxylic acids is 1. The van der Waals surface area contributed by atoms with Crippen molar-refractivity contribution in [3.63, 3.8) is 0 Å². The van der Waals surface area contributed by atoms with Crippen LogP contribution in [0, 0.1) is 12.3 Å². The molecule has 0 unspecified atom stereocenters. The largest absolute Gasteiger partial charge is 2.00 e. The Balaban J connectivity index is -0.0000000800. The Labute approximate surface area is 77.7 Å². The number of carbonyl (C=O) groups is 1. The van der Waals surface area contributed by atoms with Crippen LogP contribution in [-0.4, -0.2) is 43.7 Å². The van der Waals surface area contributed by atoms with Gasteiger partial charge in [-0.25, -0.2) is 0 Å². The second kappa shape index (κ2) is 9.77. The van der Waals surface area contributed by atoms with Gasteiger partial charge in [0.25, 0.3) is 0 Å². The molecule has 0 spiro atoms. The molecule has 0 amide bonds. The van der Waals surface area contributed by atoms with Crippen LogP contribution >= 0.6 is 0 Å². The van der Waals surface area contributed by atoms with Crippen LogP contribution in [0.5, 0.6) is 0 Å². The SMILES string of the molecule is C#CC(=O)[O-].[Ca+2].[Cl-]. The number of carboxylic acids is 1. The van der Waals surface area contributed by atoms with Crippen molar-refractivity contribution in [2.45, 2.75) is 0 Å². The molecule has 34 valence electrons. The average Bonchev–Trinajstić information content (AvgIpc) is 1.38. The van der Waals surface area contributed by atoms with Crippen molar-refractivity contribution < 1.29 is 22.3 Å². The molecule has 0 fully saturated rings. The fourth-order valence-corrected chi connectivity index (χ4v) is 0. The molecule has 0 radical (unpaired) electrons. The Morgan fingerprint density at radius 1 is 1.71 bits per heavy atom. The number of halogens is 1. The van der Waals surface area contributed by atoms with E-state index in [1.54, 1.807) is 0 Å². The van der Waals surface area contributed by atoms with Crippen molar-refractivity contribution in [3.05, 3.63) is 0 Å². The molecule has 2 nitrogen and oxygen atoms in total. The summed E-state index contributed by atoms with van der Waals surface area (Å²) in [5.41, 5.74) is 0. The van der Waals surface area contributed by atoms with Crippen LogP contribution in [0.3, 0.4) is 0 Å². The van der Waals surface area contributed by atoms with Gasteiger partial charge in [0, 0.05) is 0 Å². The fourth-order valence-electron chi connectivity index (χ4n) is 0. The third-order valence-electron chi connectivity index (χ3n) is 0.118. The number of carboxylic acid groups (broad SMARTS) is 1. The van der Waals surface area contributed by atoms with E-state index in [4.69, 9.17) is 9.90 Å². The summed E-state index contributed by atoms with van der Waals surface area (Å²) in [5.74, 6) is -0.134. The summed E-state index contributed by atoms with van der Waals surface area (Å²) < 4.78 is 0. The van der Waals surface area contributed by atoms with E-state index in [1.807, 2.05) is 0 Å². The van der Waals surface area contributed by atoms with Gasteiger partial charge in [-0.1, -0.05) is 5.92 Å². The summed E-state index contributed by atoms with van der Waals surface area (Å²) in [4.78, 5) is 9.02. The van der Waals surface area contributed by atoms with Crippen LogP contribution in [0.4, 0.5) is 0 Å². The van der Waals surface area contributed by atoms with E-state index in [0.717, 1.165) is 0 Å². The number of rotatable bonds is 0. The number of hydrogen-bond donors (Lipinski definition) is 0. The van der Waals surface area contributed by atoms with E-state index in [2.05, 4.69) is 6.42 Å². The van der Waals surface area contributed by atoms with Gasteiger partial charge in [-0.05, 0) is 0 Å². The molecule has 0 aromatic heterocycles. The van der Waals surface area contributed by atoms with Crippen molar-refractivity contribution in [2.24, 2.45) is 0 Å². The predicted molar refractivity (Wildman–Crippen MR) is 19.6 cm³/mol. The predicted octanol–water partition coefficient (Wildman–Crippen LogP) is -5.01. The minimum absolute atomic E-state index is 0. The Hall–Kier alpha value is 0.580. The molecule has 0 aromatic rings. The molecule has 0 N–H and O–H groups in total. The Bertz CT molecular complexity index is 85.4. The Kier molecular flexibility index (Phi) is 21.8. The van der Waals surface area contributed by atoms with E-state index in [1.165, 1.54) is 5.92 Å². The van der Waals surface area contributed by atoms with Gasteiger partial charge in [-0.15, -0.1) is 6.42 Å². The molecule has 0 saturated carbocycles. The minimum Gasteiger partial charge on any atom is -1.00 e. The quantitative estimate of drug-likeness (QED) is 0.252. The molecule has 7 heavy (non-hydrogen) atoms. The zero-order chi connectivity index (χ0) is 4.28. The molecule has 0 aromatic carbocycles. The Morgan fingerprint density at radius 3 is 1.86 bits per heavy atom. The van der Waals surface area contributed by atoms with Gasteiger partial charge in [0.05, 0.1) is 0 Å². The van der Waals surface area contributed by atoms with Crippen molar-refractivity contribution in [2.75, 3.05) is 0 Å². The normalized spacial score (nSPS) is 3.86. The number of terminal acetylenes is 1. The molecule has 4 heteroatoms. The first-order valence-corrected chi connectivity index (χ1v) is 0.947. The third-order valence-corrected chi connectivity index (χ3v) is 0.118. The van der Waals surface area contributed by atoms with Crippen LogP contribution in [0.2, 0.25) is 0 Å². The van der Waals surface area contributed by atoms with Crippen LogP contribution in [-0.2, 0) is 4.79 Å². The van der Waals surface area contributed by atoms with Crippen molar-refractivity contribution in [1.29, 1.82) is 0 Å². The monoisotopic (exact) mass is 144 g/mol.